The maximum absolute atomic E-state index is 12.3. The second-order valence-corrected chi connectivity index (χ2v) is 7.37. The van der Waals surface area contributed by atoms with Crippen LogP contribution in [0.15, 0.2) is 18.2 Å². The zero-order valence-electron chi connectivity index (χ0n) is 14.1. The number of piperidine rings is 2. The third-order valence-corrected chi connectivity index (χ3v) is 5.77. The lowest BCUT2D eigenvalue weighted by Gasteiger charge is -2.47. The number of likely N-dealkylation sites (tertiary alicyclic amines) is 1. The normalized spacial score (nSPS) is 26.5. The third kappa shape index (κ3) is 2.97. The van der Waals surface area contributed by atoms with Gasteiger partial charge in [-0.2, -0.15) is 0 Å². The smallest absolute Gasteiger partial charge is 0.292 e. The minimum atomic E-state index is -0.358. The average molecular weight is 345 g/mol. The number of nitro benzene ring substituents is 1. The molecule has 1 N–H and O–H groups in total. The molecule has 1 saturated carbocycles. The maximum atomic E-state index is 12.3. The molecule has 7 nitrogen and oxygen atoms in total. The first kappa shape index (κ1) is 16.3. The number of hydrogen-bond acceptors (Lipinski definition) is 5. The molecule has 0 radical (unpaired) electrons. The highest BCUT2D eigenvalue weighted by Gasteiger charge is 2.45. The standard InChI is InChI=1S/C18H23N3O4/c22-11-12-1-5-16(21(24)25)17(9-12)19-8-7-15-13(10-19)2-6-18(23)20(15)14-3-4-14/h1,5,9,13-15,22H,2-4,6-8,10-11H2. The van der Waals surface area contributed by atoms with Crippen molar-refractivity contribution in [1.82, 2.24) is 4.90 Å². The van der Waals surface area contributed by atoms with Gasteiger partial charge in [-0.15, -0.1) is 0 Å². The molecule has 2 heterocycles. The van der Waals surface area contributed by atoms with E-state index in [4.69, 9.17) is 0 Å². The Morgan fingerprint density at radius 2 is 2.04 bits per heavy atom. The van der Waals surface area contributed by atoms with E-state index >= 15 is 0 Å². The summed E-state index contributed by atoms with van der Waals surface area (Å²) in [5.41, 5.74) is 1.35. The summed E-state index contributed by atoms with van der Waals surface area (Å²) in [6.45, 7) is 1.30. The van der Waals surface area contributed by atoms with E-state index in [1.165, 1.54) is 6.07 Å². The van der Waals surface area contributed by atoms with Gasteiger partial charge in [0.05, 0.1) is 11.5 Å². The van der Waals surface area contributed by atoms with Gasteiger partial charge in [-0.3, -0.25) is 14.9 Å². The molecular weight excluding hydrogens is 322 g/mol. The van der Waals surface area contributed by atoms with E-state index in [9.17, 15) is 20.0 Å². The fourth-order valence-electron chi connectivity index (χ4n) is 4.41. The number of aliphatic hydroxyl groups is 1. The zero-order chi connectivity index (χ0) is 17.6. The van der Waals surface area contributed by atoms with Gasteiger partial charge in [-0.25, -0.2) is 0 Å². The minimum Gasteiger partial charge on any atom is -0.392 e. The van der Waals surface area contributed by atoms with Crippen molar-refractivity contribution in [3.05, 3.63) is 33.9 Å². The number of aliphatic hydroxyl groups excluding tert-OH is 1. The number of hydrogen-bond donors (Lipinski definition) is 1. The van der Waals surface area contributed by atoms with E-state index in [1.807, 2.05) is 0 Å². The quantitative estimate of drug-likeness (QED) is 0.667. The predicted molar refractivity (Wildman–Crippen MR) is 92.2 cm³/mol. The first-order chi connectivity index (χ1) is 12.1. The molecule has 1 aromatic carbocycles. The van der Waals surface area contributed by atoms with Gasteiger partial charge in [-0.05, 0) is 49.3 Å². The van der Waals surface area contributed by atoms with Crippen molar-refractivity contribution < 1.29 is 14.8 Å². The molecule has 1 aromatic rings. The Bertz CT molecular complexity index is 704. The summed E-state index contributed by atoms with van der Waals surface area (Å²) in [5.74, 6) is 0.648. The summed E-state index contributed by atoms with van der Waals surface area (Å²) in [4.78, 5) is 27.5. The number of amides is 1. The van der Waals surface area contributed by atoms with Crippen molar-refractivity contribution in [2.75, 3.05) is 18.0 Å². The monoisotopic (exact) mass is 345 g/mol. The fraction of sp³-hybridized carbons (Fsp3) is 0.611. The van der Waals surface area contributed by atoms with Crippen molar-refractivity contribution in [2.45, 2.75) is 50.8 Å². The summed E-state index contributed by atoms with van der Waals surface area (Å²) in [6.07, 6.45) is 4.53. The SMILES string of the molecule is O=C1CCC2CN(c3cc(CO)ccc3[N+](=O)[O-])CCC2N1C1CC1. The van der Waals surface area contributed by atoms with Crippen LogP contribution in [0, 0.1) is 16.0 Å². The van der Waals surface area contributed by atoms with Gasteiger partial charge in [0.1, 0.15) is 5.69 Å². The topological polar surface area (TPSA) is 86.9 Å². The van der Waals surface area contributed by atoms with E-state index in [0.717, 1.165) is 32.2 Å². The molecule has 2 saturated heterocycles. The molecule has 2 aliphatic heterocycles. The summed E-state index contributed by atoms with van der Waals surface area (Å²) < 4.78 is 0. The molecule has 2 atom stereocenters. The highest BCUT2D eigenvalue weighted by Crippen LogP contribution is 2.41. The Balaban J connectivity index is 1.58. The molecule has 7 heteroatoms. The second kappa shape index (κ2) is 6.29. The number of anilines is 1. The molecule has 25 heavy (non-hydrogen) atoms. The highest BCUT2D eigenvalue weighted by atomic mass is 16.6. The molecule has 2 unspecified atom stereocenters. The van der Waals surface area contributed by atoms with Crippen molar-refractivity contribution in [2.24, 2.45) is 5.92 Å². The molecule has 1 aliphatic carbocycles. The first-order valence-electron chi connectivity index (χ1n) is 9.02. The van der Waals surface area contributed by atoms with Crippen LogP contribution in [0.3, 0.4) is 0 Å². The second-order valence-electron chi connectivity index (χ2n) is 7.37. The van der Waals surface area contributed by atoms with Gasteiger partial charge >= 0.3 is 0 Å². The van der Waals surface area contributed by atoms with Crippen molar-refractivity contribution >= 4 is 17.3 Å². The third-order valence-electron chi connectivity index (χ3n) is 5.77. The molecule has 4 rings (SSSR count). The lowest BCUT2D eigenvalue weighted by atomic mass is 9.83. The van der Waals surface area contributed by atoms with E-state index in [1.54, 1.807) is 12.1 Å². The average Bonchev–Trinajstić information content (AvgIpc) is 3.45. The van der Waals surface area contributed by atoms with Gasteiger partial charge < -0.3 is 14.9 Å². The Hall–Kier alpha value is -2.15. The predicted octanol–water partition coefficient (Wildman–Crippen LogP) is 2.07. The lowest BCUT2D eigenvalue weighted by molar-refractivity contribution is -0.384. The number of rotatable bonds is 4. The number of carbonyl (C=O) groups is 1. The van der Waals surface area contributed by atoms with Crippen LogP contribution in [-0.2, 0) is 11.4 Å². The number of carbonyl (C=O) groups excluding carboxylic acids is 1. The molecule has 3 fully saturated rings. The molecule has 3 aliphatic rings. The van der Waals surface area contributed by atoms with Gasteiger partial charge in [-0.1, -0.05) is 0 Å². The molecule has 134 valence electrons. The van der Waals surface area contributed by atoms with Crippen LogP contribution in [-0.4, -0.2) is 46.0 Å². The van der Waals surface area contributed by atoms with E-state index in [2.05, 4.69) is 9.80 Å². The number of nitrogens with zero attached hydrogens (tertiary/aromatic N) is 3. The fourth-order valence-corrected chi connectivity index (χ4v) is 4.41. The number of nitro groups is 1. The van der Waals surface area contributed by atoms with Crippen LogP contribution in [0.5, 0.6) is 0 Å². The summed E-state index contributed by atoms with van der Waals surface area (Å²) >= 11 is 0. The largest absolute Gasteiger partial charge is 0.392 e. The van der Waals surface area contributed by atoms with Gasteiger partial charge in [0.25, 0.3) is 5.69 Å². The van der Waals surface area contributed by atoms with E-state index < -0.39 is 0 Å². The molecule has 0 spiro atoms. The Morgan fingerprint density at radius 1 is 1.24 bits per heavy atom. The highest BCUT2D eigenvalue weighted by molar-refractivity contribution is 5.78. The lowest BCUT2D eigenvalue weighted by Crippen LogP contribution is -2.56. The Labute approximate surface area is 146 Å². The van der Waals surface area contributed by atoms with Crippen LogP contribution in [0.25, 0.3) is 0 Å². The first-order valence-corrected chi connectivity index (χ1v) is 9.02. The Kier molecular flexibility index (Phi) is 4.11. The van der Waals surface area contributed by atoms with Crippen molar-refractivity contribution in [3.8, 4) is 0 Å². The Morgan fingerprint density at radius 3 is 2.72 bits per heavy atom. The van der Waals surface area contributed by atoms with Crippen LogP contribution in [0.4, 0.5) is 11.4 Å². The van der Waals surface area contributed by atoms with Crippen LogP contribution >= 0.6 is 0 Å². The summed E-state index contributed by atoms with van der Waals surface area (Å²) in [6, 6.07) is 5.52. The van der Waals surface area contributed by atoms with E-state index in [-0.39, 0.29) is 29.2 Å². The number of benzene rings is 1. The molecule has 1 amide bonds. The van der Waals surface area contributed by atoms with Gasteiger partial charge in [0, 0.05) is 37.7 Å². The maximum Gasteiger partial charge on any atom is 0.292 e. The van der Waals surface area contributed by atoms with Crippen molar-refractivity contribution in [1.29, 1.82) is 0 Å². The van der Waals surface area contributed by atoms with Crippen LogP contribution in [0.2, 0.25) is 0 Å². The molecular formula is C18H23N3O4. The zero-order valence-corrected chi connectivity index (χ0v) is 14.1. The molecule has 0 bridgehead atoms. The van der Waals surface area contributed by atoms with Crippen molar-refractivity contribution in [3.63, 3.8) is 0 Å². The summed E-state index contributed by atoms with van der Waals surface area (Å²) in [7, 11) is 0. The number of fused-ring (bicyclic) bond motifs is 1. The van der Waals surface area contributed by atoms with E-state index in [0.29, 0.717) is 36.2 Å². The minimum absolute atomic E-state index is 0.0848. The molecule has 0 aromatic heterocycles. The van der Waals surface area contributed by atoms with Crippen LogP contribution < -0.4 is 4.90 Å². The summed E-state index contributed by atoms with van der Waals surface area (Å²) in [5, 5.41) is 20.8. The van der Waals surface area contributed by atoms with Crippen LogP contribution in [0.1, 0.15) is 37.7 Å². The van der Waals surface area contributed by atoms with Gasteiger partial charge in [0.2, 0.25) is 5.91 Å². The van der Waals surface area contributed by atoms with Gasteiger partial charge in [0.15, 0.2) is 0 Å².